The highest BCUT2D eigenvalue weighted by molar-refractivity contribution is 7.90. The molecule has 0 amide bonds. The highest BCUT2D eigenvalue weighted by Gasteiger charge is 2.18. The van der Waals surface area contributed by atoms with Crippen LogP contribution in [0.2, 0.25) is 0 Å². The number of rotatable bonds is 8. The summed E-state index contributed by atoms with van der Waals surface area (Å²) in [4.78, 5) is 11.3. The molecule has 0 aliphatic heterocycles. The van der Waals surface area contributed by atoms with E-state index in [9.17, 15) is 8.42 Å². The van der Waals surface area contributed by atoms with Crippen molar-refractivity contribution in [1.82, 2.24) is 14.9 Å². The van der Waals surface area contributed by atoms with Gasteiger partial charge in [-0.15, -0.1) is 0 Å². The summed E-state index contributed by atoms with van der Waals surface area (Å²) in [5.74, 6) is 0.642. The lowest BCUT2D eigenvalue weighted by Gasteiger charge is -2.30. The Morgan fingerprint density at radius 1 is 1.04 bits per heavy atom. The Morgan fingerprint density at radius 2 is 1.75 bits per heavy atom. The number of fused-ring (bicyclic) bond motifs is 1. The quantitative estimate of drug-likeness (QED) is 0.626. The summed E-state index contributed by atoms with van der Waals surface area (Å²) >= 11 is 0. The second kappa shape index (κ2) is 8.67. The van der Waals surface area contributed by atoms with Crippen molar-refractivity contribution in [2.75, 3.05) is 31.2 Å². The molecule has 1 N–H and O–H groups in total. The van der Waals surface area contributed by atoms with Gasteiger partial charge in [-0.05, 0) is 36.9 Å². The molecule has 3 aromatic rings. The number of anilines is 1. The zero-order valence-corrected chi connectivity index (χ0v) is 17.3. The molecule has 0 saturated heterocycles. The predicted molar refractivity (Wildman–Crippen MR) is 113 cm³/mol. The smallest absolute Gasteiger partial charge is 0.175 e. The second-order valence-electron chi connectivity index (χ2n) is 6.70. The molecular formula is C21H26N4O2S. The van der Waals surface area contributed by atoms with Crippen LogP contribution in [0.4, 0.5) is 5.82 Å². The van der Waals surface area contributed by atoms with E-state index in [1.54, 1.807) is 18.2 Å². The van der Waals surface area contributed by atoms with Gasteiger partial charge in [-0.1, -0.05) is 44.2 Å². The first-order valence-electron chi connectivity index (χ1n) is 9.41. The third-order valence-electron chi connectivity index (χ3n) is 4.94. The monoisotopic (exact) mass is 398 g/mol. The third kappa shape index (κ3) is 4.48. The predicted octanol–water partition coefficient (Wildman–Crippen LogP) is 3.53. The first-order valence-corrected chi connectivity index (χ1v) is 11.3. The number of nitrogens with zero attached hydrogens (tertiary/aromatic N) is 3. The van der Waals surface area contributed by atoms with E-state index in [4.69, 9.17) is 0 Å². The highest BCUT2D eigenvalue weighted by atomic mass is 32.2. The molecule has 3 rings (SSSR count). The molecule has 148 valence electrons. The van der Waals surface area contributed by atoms with Crippen LogP contribution in [-0.4, -0.2) is 49.2 Å². The molecule has 0 aliphatic carbocycles. The fourth-order valence-corrected chi connectivity index (χ4v) is 4.05. The lowest BCUT2D eigenvalue weighted by Crippen LogP contribution is -2.33. The molecule has 2 aromatic carbocycles. The second-order valence-corrected chi connectivity index (χ2v) is 8.72. The van der Waals surface area contributed by atoms with Crippen molar-refractivity contribution in [2.45, 2.75) is 24.8 Å². The average Bonchev–Trinajstić information content (AvgIpc) is 2.70. The first kappa shape index (κ1) is 20.2. The zero-order chi connectivity index (χ0) is 20.1. The molecule has 0 spiro atoms. The Morgan fingerprint density at radius 3 is 2.39 bits per heavy atom. The summed E-state index contributed by atoms with van der Waals surface area (Å²) in [5.41, 5.74) is 1.94. The van der Waals surface area contributed by atoms with E-state index in [1.165, 1.54) is 18.1 Å². The average molecular weight is 399 g/mol. The Balaban J connectivity index is 1.94. The van der Waals surface area contributed by atoms with Gasteiger partial charge in [0.2, 0.25) is 0 Å². The van der Waals surface area contributed by atoms with Crippen LogP contribution in [0.15, 0.2) is 59.8 Å². The van der Waals surface area contributed by atoms with Crippen LogP contribution in [0.3, 0.4) is 0 Å². The maximum Gasteiger partial charge on any atom is 0.175 e. The van der Waals surface area contributed by atoms with Crippen LogP contribution in [0.5, 0.6) is 0 Å². The number of aromatic nitrogens is 2. The van der Waals surface area contributed by atoms with Crippen molar-refractivity contribution in [3.8, 4) is 0 Å². The SMILES string of the molecule is CCN(CC)C(CNc1ncnc2ccc(S(C)(=O)=O)cc12)c1ccccc1. The number of hydrogen-bond donors (Lipinski definition) is 1. The maximum absolute atomic E-state index is 11.9. The highest BCUT2D eigenvalue weighted by Crippen LogP contribution is 2.25. The number of hydrogen-bond acceptors (Lipinski definition) is 6. The Hall–Kier alpha value is -2.51. The van der Waals surface area contributed by atoms with Crippen molar-refractivity contribution >= 4 is 26.6 Å². The van der Waals surface area contributed by atoms with Crippen molar-refractivity contribution in [2.24, 2.45) is 0 Å². The minimum atomic E-state index is -3.30. The van der Waals surface area contributed by atoms with E-state index in [2.05, 4.69) is 46.2 Å². The van der Waals surface area contributed by atoms with Gasteiger partial charge in [-0.2, -0.15) is 0 Å². The normalized spacial score (nSPS) is 13.0. The molecule has 6 nitrogen and oxygen atoms in total. The van der Waals surface area contributed by atoms with Crippen molar-refractivity contribution in [1.29, 1.82) is 0 Å². The van der Waals surface area contributed by atoms with Gasteiger partial charge in [0.25, 0.3) is 0 Å². The minimum Gasteiger partial charge on any atom is -0.368 e. The number of nitrogens with one attached hydrogen (secondary N) is 1. The van der Waals surface area contributed by atoms with Crippen LogP contribution >= 0.6 is 0 Å². The Labute approximate surface area is 166 Å². The van der Waals surface area contributed by atoms with Gasteiger partial charge < -0.3 is 5.32 Å². The molecular weight excluding hydrogens is 372 g/mol. The third-order valence-corrected chi connectivity index (χ3v) is 6.05. The van der Waals surface area contributed by atoms with Crippen molar-refractivity contribution in [3.63, 3.8) is 0 Å². The van der Waals surface area contributed by atoms with Crippen LogP contribution < -0.4 is 5.32 Å². The van der Waals surface area contributed by atoms with Gasteiger partial charge in [0.15, 0.2) is 9.84 Å². The van der Waals surface area contributed by atoms with E-state index in [0.29, 0.717) is 23.3 Å². The van der Waals surface area contributed by atoms with Gasteiger partial charge in [0.1, 0.15) is 12.1 Å². The Kier molecular flexibility index (Phi) is 6.26. The zero-order valence-electron chi connectivity index (χ0n) is 16.5. The lowest BCUT2D eigenvalue weighted by molar-refractivity contribution is 0.228. The summed E-state index contributed by atoms with van der Waals surface area (Å²) in [6, 6.07) is 15.5. The van der Waals surface area contributed by atoms with E-state index < -0.39 is 9.84 Å². The van der Waals surface area contributed by atoms with E-state index in [0.717, 1.165) is 13.1 Å². The number of likely N-dealkylation sites (N-methyl/N-ethyl adjacent to an activating group) is 1. The molecule has 28 heavy (non-hydrogen) atoms. The van der Waals surface area contributed by atoms with Gasteiger partial charge in [0, 0.05) is 18.2 Å². The lowest BCUT2D eigenvalue weighted by atomic mass is 10.0. The molecule has 1 heterocycles. The van der Waals surface area contributed by atoms with E-state index in [-0.39, 0.29) is 10.9 Å². The molecule has 1 atom stereocenters. The van der Waals surface area contributed by atoms with Crippen LogP contribution in [-0.2, 0) is 9.84 Å². The maximum atomic E-state index is 11.9. The van der Waals surface area contributed by atoms with Gasteiger partial charge in [-0.25, -0.2) is 18.4 Å². The molecule has 0 bridgehead atoms. The summed E-state index contributed by atoms with van der Waals surface area (Å²) in [6.07, 6.45) is 2.70. The van der Waals surface area contributed by atoms with Crippen LogP contribution in [0.1, 0.15) is 25.5 Å². The van der Waals surface area contributed by atoms with Gasteiger partial charge in [-0.3, -0.25) is 4.90 Å². The molecule has 1 aromatic heterocycles. The molecule has 7 heteroatoms. The van der Waals surface area contributed by atoms with Gasteiger partial charge >= 0.3 is 0 Å². The fraction of sp³-hybridized carbons (Fsp3) is 0.333. The standard InChI is InChI=1S/C21H26N4O2S/c1-4-25(5-2)20(16-9-7-6-8-10-16)14-22-21-18-13-17(28(3,26)27)11-12-19(18)23-15-24-21/h6-13,15,20H,4-5,14H2,1-3H3,(H,22,23,24). The van der Waals surface area contributed by atoms with Crippen molar-refractivity contribution < 1.29 is 8.42 Å². The van der Waals surface area contributed by atoms with E-state index in [1.807, 2.05) is 18.2 Å². The molecule has 0 radical (unpaired) electrons. The van der Waals surface area contributed by atoms with E-state index >= 15 is 0 Å². The summed E-state index contributed by atoms with van der Waals surface area (Å²) in [5, 5.41) is 4.13. The topological polar surface area (TPSA) is 75.2 Å². The number of sulfone groups is 1. The fourth-order valence-electron chi connectivity index (χ4n) is 3.40. The van der Waals surface area contributed by atoms with Crippen molar-refractivity contribution in [3.05, 3.63) is 60.4 Å². The number of benzene rings is 2. The molecule has 1 unspecified atom stereocenters. The molecule has 0 aliphatic rings. The van der Waals surface area contributed by atoms with Crippen LogP contribution in [0, 0.1) is 0 Å². The molecule has 0 fully saturated rings. The Bertz CT molecular complexity index is 1030. The molecule has 0 saturated carbocycles. The summed E-state index contributed by atoms with van der Waals surface area (Å²) < 4.78 is 23.9. The summed E-state index contributed by atoms with van der Waals surface area (Å²) in [6.45, 7) is 6.82. The minimum absolute atomic E-state index is 0.180. The largest absolute Gasteiger partial charge is 0.368 e. The van der Waals surface area contributed by atoms with Crippen LogP contribution in [0.25, 0.3) is 10.9 Å². The summed E-state index contributed by atoms with van der Waals surface area (Å²) in [7, 11) is -3.30. The first-order chi connectivity index (χ1) is 13.4. The van der Waals surface area contributed by atoms with Gasteiger partial charge in [0.05, 0.1) is 16.5 Å².